The van der Waals surface area contributed by atoms with Gasteiger partial charge in [-0.1, -0.05) is 136 Å². The van der Waals surface area contributed by atoms with E-state index in [4.69, 9.17) is 9.47 Å². The van der Waals surface area contributed by atoms with Gasteiger partial charge < -0.3 is 40.3 Å². The number of aliphatic hydroxyl groups excluding tert-OH is 5. The number of aliphatic hydroxyl groups is 5. The van der Waals surface area contributed by atoms with Gasteiger partial charge in [0, 0.05) is 6.42 Å². The van der Waals surface area contributed by atoms with Crippen molar-refractivity contribution in [2.24, 2.45) is 0 Å². The molecule has 6 N–H and O–H groups in total. The van der Waals surface area contributed by atoms with Crippen LogP contribution in [0.25, 0.3) is 0 Å². The molecule has 0 aromatic heterocycles. The minimum atomic E-state index is -1.54. The highest BCUT2D eigenvalue weighted by molar-refractivity contribution is 5.76. The van der Waals surface area contributed by atoms with Crippen LogP contribution in [0.2, 0.25) is 0 Å². The third-order valence-electron chi connectivity index (χ3n) is 8.71. The number of unbranched alkanes of at least 4 members (excludes halogenated alkanes) is 18. The van der Waals surface area contributed by atoms with Crippen LogP contribution in [0.1, 0.15) is 155 Å². The SMILES string of the molecule is CCCCCCCCCCCCCC(=O)N[C@@H](CO[C@@H]1O[C@H](CO)[C@H](O)C(O)C1O)[C@H](O)CCCCCCCCCCC. The molecule has 2 unspecified atom stereocenters. The lowest BCUT2D eigenvalue weighted by Crippen LogP contribution is -2.60. The van der Waals surface area contributed by atoms with E-state index in [1.54, 1.807) is 0 Å². The van der Waals surface area contributed by atoms with Gasteiger partial charge in [-0.3, -0.25) is 4.79 Å². The lowest BCUT2D eigenvalue weighted by molar-refractivity contribution is -0.302. The Morgan fingerprint density at radius 2 is 1.16 bits per heavy atom. The number of carbonyl (C=O) groups is 1. The van der Waals surface area contributed by atoms with Crippen LogP contribution in [0.3, 0.4) is 0 Å². The van der Waals surface area contributed by atoms with Crippen molar-refractivity contribution >= 4 is 5.91 Å². The first-order valence-electron chi connectivity index (χ1n) is 17.7. The second kappa shape index (κ2) is 26.4. The molecule has 9 nitrogen and oxygen atoms in total. The lowest BCUT2D eigenvalue weighted by atomic mass is 9.99. The van der Waals surface area contributed by atoms with E-state index in [9.17, 15) is 30.3 Å². The van der Waals surface area contributed by atoms with E-state index in [0.29, 0.717) is 12.8 Å². The predicted octanol–water partition coefficient (Wildman–Crippen LogP) is 5.27. The molecule has 1 rings (SSSR count). The second-order valence-corrected chi connectivity index (χ2v) is 12.7. The van der Waals surface area contributed by atoms with Gasteiger partial charge in [-0.05, 0) is 12.8 Å². The molecule has 1 aliphatic heterocycles. The smallest absolute Gasteiger partial charge is 0.220 e. The minimum absolute atomic E-state index is 0.134. The molecule has 0 aromatic rings. The summed E-state index contributed by atoms with van der Waals surface area (Å²) in [6.07, 6.45) is 16.9. The molecule has 1 aliphatic rings. The van der Waals surface area contributed by atoms with Crippen LogP contribution in [0.5, 0.6) is 0 Å². The van der Waals surface area contributed by atoms with E-state index in [0.717, 1.165) is 38.5 Å². The maximum atomic E-state index is 12.8. The number of rotatable bonds is 28. The molecule has 1 amide bonds. The molecule has 0 radical (unpaired) electrons. The lowest BCUT2D eigenvalue weighted by Gasteiger charge is -2.40. The summed E-state index contributed by atoms with van der Waals surface area (Å²) in [5.74, 6) is -0.149. The summed E-state index contributed by atoms with van der Waals surface area (Å²) in [5.41, 5.74) is 0. The molecule has 1 heterocycles. The van der Waals surface area contributed by atoms with E-state index in [1.807, 2.05) is 0 Å². The first kappa shape index (κ1) is 40.2. The van der Waals surface area contributed by atoms with Crippen LogP contribution in [0.4, 0.5) is 0 Å². The first-order valence-corrected chi connectivity index (χ1v) is 17.7. The Bertz CT molecular complexity index is 652. The van der Waals surface area contributed by atoms with Gasteiger partial charge >= 0.3 is 0 Å². The summed E-state index contributed by atoms with van der Waals surface area (Å²) in [6.45, 7) is 3.77. The summed E-state index contributed by atoms with van der Waals surface area (Å²) in [6, 6.07) is -0.707. The van der Waals surface area contributed by atoms with Gasteiger partial charge in [0.15, 0.2) is 6.29 Å². The van der Waals surface area contributed by atoms with Crippen molar-refractivity contribution in [3.8, 4) is 0 Å². The Morgan fingerprint density at radius 3 is 1.65 bits per heavy atom. The van der Waals surface area contributed by atoms with Gasteiger partial charge in [-0.25, -0.2) is 0 Å². The zero-order valence-electron chi connectivity index (χ0n) is 27.5. The monoisotopic (exact) mass is 617 g/mol. The van der Waals surface area contributed by atoms with E-state index < -0.39 is 49.5 Å². The molecule has 9 heteroatoms. The summed E-state index contributed by atoms with van der Waals surface area (Å²) < 4.78 is 11.1. The standard InChI is InChI=1S/C34H67NO8/c1-3-5-7-9-11-13-14-16-18-20-22-24-30(38)35-27(28(37)23-21-19-17-15-12-10-8-6-4-2)26-42-34-33(41)32(40)31(39)29(25-36)43-34/h27-29,31-34,36-37,39-41H,3-26H2,1-2H3,(H,35,38)/t27-,28+,29+,31-,32?,33?,34+/m0/s1. The molecule has 256 valence electrons. The van der Waals surface area contributed by atoms with Crippen molar-refractivity contribution in [1.29, 1.82) is 0 Å². The van der Waals surface area contributed by atoms with Gasteiger partial charge in [0.05, 0.1) is 25.4 Å². The zero-order chi connectivity index (χ0) is 31.7. The first-order chi connectivity index (χ1) is 20.8. The van der Waals surface area contributed by atoms with Crippen molar-refractivity contribution in [2.45, 2.75) is 198 Å². The molecule has 1 fully saturated rings. The predicted molar refractivity (Wildman–Crippen MR) is 171 cm³/mol. The highest BCUT2D eigenvalue weighted by atomic mass is 16.7. The fraction of sp³-hybridized carbons (Fsp3) is 0.971. The molecular weight excluding hydrogens is 550 g/mol. The maximum Gasteiger partial charge on any atom is 0.220 e. The Balaban J connectivity index is 2.46. The van der Waals surface area contributed by atoms with Crippen LogP contribution >= 0.6 is 0 Å². The average molecular weight is 618 g/mol. The molecule has 0 aliphatic carbocycles. The Labute approximate surface area is 262 Å². The molecule has 1 saturated heterocycles. The normalized spacial score (nSPS) is 23.7. The second-order valence-electron chi connectivity index (χ2n) is 12.7. The fourth-order valence-electron chi connectivity index (χ4n) is 5.75. The van der Waals surface area contributed by atoms with Crippen molar-refractivity contribution in [2.75, 3.05) is 13.2 Å². The Morgan fingerprint density at radius 1 is 0.698 bits per heavy atom. The summed E-state index contributed by atoms with van der Waals surface area (Å²) in [4.78, 5) is 12.8. The quantitative estimate of drug-likeness (QED) is 0.0651. The van der Waals surface area contributed by atoms with Crippen LogP contribution in [-0.4, -0.2) is 87.5 Å². The Hall–Kier alpha value is -0.810. The van der Waals surface area contributed by atoms with Crippen molar-refractivity contribution in [1.82, 2.24) is 5.32 Å². The van der Waals surface area contributed by atoms with Gasteiger partial charge in [0.25, 0.3) is 0 Å². The van der Waals surface area contributed by atoms with Gasteiger partial charge in [0.2, 0.25) is 5.91 Å². The minimum Gasteiger partial charge on any atom is -0.394 e. The maximum absolute atomic E-state index is 12.8. The van der Waals surface area contributed by atoms with Crippen molar-refractivity contribution in [3.05, 3.63) is 0 Å². The zero-order valence-corrected chi connectivity index (χ0v) is 27.5. The number of carbonyl (C=O) groups excluding carboxylic acids is 1. The number of hydrogen-bond donors (Lipinski definition) is 6. The van der Waals surface area contributed by atoms with Crippen LogP contribution in [0, 0.1) is 0 Å². The van der Waals surface area contributed by atoms with Crippen molar-refractivity contribution < 1.29 is 39.8 Å². The van der Waals surface area contributed by atoms with Crippen LogP contribution < -0.4 is 5.32 Å². The fourth-order valence-corrected chi connectivity index (χ4v) is 5.75. The number of hydrogen-bond acceptors (Lipinski definition) is 8. The van der Waals surface area contributed by atoms with E-state index in [2.05, 4.69) is 19.2 Å². The third-order valence-corrected chi connectivity index (χ3v) is 8.71. The highest BCUT2D eigenvalue weighted by Crippen LogP contribution is 2.23. The third kappa shape index (κ3) is 18.7. The van der Waals surface area contributed by atoms with Gasteiger partial charge in [0.1, 0.15) is 24.4 Å². The molecule has 0 bridgehead atoms. The van der Waals surface area contributed by atoms with Gasteiger partial charge in [-0.2, -0.15) is 0 Å². The van der Waals surface area contributed by atoms with Crippen molar-refractivity contribution in [3.63, 3.8) is 0 Å². The van der Waals surface area contributed by atoms with E-state index >= 15 is 0 Å². The van der Waals surface area contributed by atoms with Crippen LogP contribution in [-0.2, 0) is 14.3 Å². The summed E-state index contributed by atoms with van der Waals surface area (Å²) >= 11 is 0. The summed E-state index contributed by atoms with van der Waals surface area (Å²) in [5, 5.41) is 53.8. The number of ether oxygens (including phenoxy) is 2. The van der Waals surface area contributed by atoms with Gasteiger partial charge in [-0.15, -0.1) is 0 Å². The molecule has 0 aromatic carbocycles. The molecule has 7 atom stereocenters. The van der Waals surface area contributed by atoms with E-state index in [1.165, 1.54) is 89.9 Å². The molecule has 0 saturated carbocycles. The topological polar surface area (TPSA) is 149 Å². The summed E-state index contributed by atoms with van der Waals surface area (Å²) in [7, 11) is 0. The molecule has 43 heavy (non-hydrogen) atoms. The number of nitrogens with one attached hydrogen (secondary N) is 1. The largest absolute Gasteiger partial charge is 0.394 e. The number of amides is 1. The highest BCUT2D eigenvalue weighted by Gasteiger charge is 2.44. The van der Waals surface area contributed by atoms with E-state index in [-0.39, 0.29) is 12.5 Å². The molecule has 0 spiro atoms. The Kier molecular flexibility index (Phi) is 24.7. The molecular formula is C34H67NO8. The average Bonchev–Trinajstić information content (AvgIpc) is 3.00. The van der Waals surface area contributed by atoms with Crippen LogP contribution in [0.15, 0.2) is 0 Å².